The number of carbonyl (C=O) groups is 1. The van der Waals surface area contributed by atoms with Gasteiger partial charge < -0.3 is 20.2 Å². The van der Waals surface area contributed by atoms with Crippen LogP contribution in [-0.2, 0) is 17.9 Å². The molecule has 0 bridgehead atoms. The van der Waals surface area contributed by atoms with Gasteiger partial charge in [0.05, 0.1) is 6.54 Å². The fraction of sp³-hybridized carbons (Fsp3) is 0.312. The third kappa shape index (κ3) is 4.44. The molecule has 2 rings (SSSR count). The van der Waals surface area contributed by atoms with Gasteiger partial charge in [-0.05, 0) is 36.8 Å². The Kier molecular flexibility index (Phi) is 5.14. The van der Waals surface area contributed by atoms with E-state index < -0.39 is 0 Å². The van der Waals surface area contributed by atoms with Gasteiger partial charge in [-0.1, -0.05) is 12.1 Å². The van der Waals surface area contributed by atoms with Crippen LogP contribution in [0.1, 0.15) is 37.0 Å². The van der Waals surface area contributed by atoms with E-state index in [0.29, 0.717) is 12.3 Å². The quantitative estimate of drug-likeness (QED) is 0.763. The van der Waals surface area contributed by atoms with E-state index >= 15 is 0 Å². The molecule has 0 aliphatic heterocycles. The van der Waals surface area contributed by atoms with Crippen LogP contribution in [0.2, 0.25) is 0 Å². The average molecular weight is 288 g/mol. The van der Waals surface area contributed by atoms with Crippen molar-refractivity contribution in [3.8, 4) is 0 Å². The fourth-order valence-corrected chi connectivity index (χ4v) is 2.06. The molecule has 0 radical (unpaired) electrons. The summed E-state index contributed by atoms with van der Waals surface area (Å²) < 4.78 is 5.43. The first kappa shape index (κ1) is 15.3. The fourth-order valence-electron chi connectivity index (χ4n) is 2.06. The lowest BCUT2D eigenvalue weighted by Gasteiger charge is -2.14. The van der Waals surface area contributed by atoms with Gasteiger partial charge in [-0.2, -0.15) is 0 Å². The summed E-state index contributed by atoms with van der Waals surface area (Å²) in [6.07, 6.45) is 0. The summed E-state index contributed by atoms with van der Waals surface area (Å²) in [5, 5.41) is 15.1. The van der Waals surface area contributed by atoms with Gasteiger partial charge in [-0.15, -0.1) is 0 Å². The maximum absolute atomic E-state index is 11.1. The van der Waals surface area contributed by atoms with E-state index in [0.717, 1.165) is 17.0 Å². The molecule has 0 aliphatic rings. The van der Waals surface area contributed by atoms with Crippen LogP contribution in [0, 0.1) is 0 Å². The zero-order valence-electron chi connectivity index (χ0n) is 12.2. The zero-order chi connectivity index (χ0) is 15.2. The molecule has 2 aromatic rings. The molecule has 5 heteroatoms. The molecule has 0 saturated carbocycles. The number of rotatable bonds is 6. The van der Waals surface area contributed by atoms with Gasteiger partial charge in [0.15, 0.2) is 0 Å². The second kappa shape index (κ2) is 7.06. The van der Waals surface area contributed by atoms with Crippen LogP contribution < -0.4 is 10.6 Å². The standard InChI is InChI=1S/C16H20N2O3/c1-11(17-9-15-6-7-16(10-19)21-15)13-4-3-5-14(8-13)18-12(2)20/h3-8,11,17,19H,9-10H2,1-2H3,(H,18,20). The van der Waals surface area contributed by atoms with Crippen molar-refractivity contribution in [3.63, 3.8) is 0 Å². The maximum atomic E-state index is 11.1. The molecule has 1 unspecified atom stereocenters. The Labute approximate surface area is 124 Å². The van der Waals surface area contributed by atoms with Crippen molar-refractivity contribution in [1.29, 1.82) is 0 Å². The largest absolute Gasteiger partial charge is 0.462 e. The highest BCUT2D eigenvalue weighted by Gasteiger charge is 2.08. The van der Waals surface area contributed by atoms with Gasteiger partial charge in [-0.3, -0.25) is 4.79 Å². The molecule has 0 fully saturated rings. The molecule has 3 N–H and O–H groups in total. The van der Waals surface area contributed by atoms with Crippen LogP contribution in [0.3, 0.4) is 0 Å². The molecule has 0 saturated heterocycles. The predicted octanol–water partition coefficient (Wildman–Crippen LogP) is 2.58. The summed E-state index contributed by atoms with van der Waals surface area (Å²) in [6, 6.07) is 11.4. The highest BCUT2D eigenvalue weighted by atomic mass is 16.4. The average Bonchev–Trinajstić information content (AvgIpc) is 2.92. The summed E-state index contributed by atoms with van der Waals surface area (Å²) in [5.41, 5.74) is 1.87. The lowest BCUT2D eigenvalue weighted by molar-refractivity contribution is -0.114. The molecule has 21 heavy (non-hydrogen) atoms. The van der Waals surface area contributed by atoms with Crippen molar-refractivity contribution in [2.45, 2.75) is 33.0 Å². The van der Waals surface area contributed by atoms with E-state index in [1.165, 1.54) is 6.92 Å². The van der Waals surface area contributed by atoms with Crippen LogP contribution in [-0.4, -0.2) is 11.0 Å². The smallest absolute Gasteiger partial charge is 0.221 e. The molecule has 1 atom stereocenters. The number of furan rings is 1. The first-order valence-electron chi connectivity index (χ1n) is 6.88. The molecule has 1 heterocycles. The minimum Gasteiger partial charge on any atom is -0.462 e. The number of hydrogen-bond acceptors (Lipinski definition) is 4. The minimum absolute atomic E-state index is 0.0834. The van der Waals surface area contributed by atoms with E-state index in [9.17, 15) is 4.79 Å². The van der Waals surface area contributed by atoms with Crippen molar-refractivity contribution in [2.75, 3.05) is 5.32 Å². The minimum atomic E-state index is -0.0890. The third-order valence-electron chi connectivity index (χ3n) is 3.16. The van der Waals surface area contributed by atoms with E-state index in [1.807, 2.05) is 37.3 Å². The lowest BCUT2D eigenvalue weighted by atomic mass is 10.1. The Morgan fingerprint density at radius 2 is 2.05 bits per heavy atom. The molecule has 112 valence electrons. The van der Waals surface area contributed by atoms with Crippen LogP contribution in [0.4, 0.5) is 5.69 Å². The van der Waals surface area contributed by atoms with Gasteiger partial charge in [0, 0.05) is 18.7 Å². The van der Waals surface area contributed by atoms with E-state index in [4.69, 9.17) is 9.52 Å². The summed E-state index contributed by atoms with van der Waals surface area (Å²) >= 11 is 0. The van der Waals surface area contributed by atoms with Gasteiger partial charge >= 0.3 is 0 Å². The van der Waals surface area contributed by atoms with E-state index in [1.54, 1.807) is 6.07 Å². The van der Waals surface area contributed by atoms with Gasteiger partial charge in [0.25, 0.3) is 0 Å². The number of amides is 1. The van der Waals surface area contributed by atoms with Crippen LogP contribution >= 0.6 is 0 Å². The van der Waals surface area contributed by atoms with Gasteiger partial charge in [-0.25, -0.2) is 0 Å². The molecule has 0 aliphatic carbocycles. The highest BCUT2D eigenvalue weighted by molar-refractivity contribution is 5.88. The third-order valence-corrected chi connectivity index (χ3v) is 3.16. The topological polar surface area (TPSA) is 74.5 Å². The van der Waals surface area contributed by atoms with Crippen molar-refractivity contribution >= 4 is 11.6 Å². The Bertz CT molecular complexity index is 607. The van der Waals surface area contributed by atoms with Crippen molar-refractivity contribution < 1.29 is 14.3 Å². The molecular weight excluding hydrogens is 268 g/mol. The lowest BCUT2D eigenvalue weighted by Crippen LogP contribution is -2.18. The Hall–Kier alpha value is -2.11. The van der Waals surface area contributed by atoms with Crippen molar-refractivity contribution in [2.24, 2.45) is 0 Å². The number of aliphatic hydroxyl groups is 1. The normalized spacial score (nSPS) is 12.1. The monoisotopic (exact) mass is 288 g/mol. The van der Waals surface area contributed by atoms with Crippen molar-refractivity contribution in [3.05, 3.63) is 53.5 Å². The Morgan fingerprint density at radius 1 is 1.29 bits per heavy atom. The number of carbonyl (C=O) groups excluding carboxylic acids is 1. The first-order chi connectivity index (χ1) is 10.1. The number of hydrogen-bond donors (Lipinski definition) is 3. The first-order valence-corrected chi connectivity index (χ1v) is 6.88. The number of anilines is 1. The summed E-state index contributed by atoms with van der Waals surface area (Å²) in [4.78, 5) is 11.1. The maximum Gasteiger partial charge on any atom is 0.221 e. The number of benzene rings is 1. The Balaban J connectivity index is 1.96. The molecule has 1 aromatic heterocycles. The molecule has 0 spiro atoms. The number of aliphatic hydroxyl groups excluding tert-OH is 1. The van der Waals surface area contributed by atoms with Crippen molar-refractivity contribution in [1.82, 2.24) is 5.32 Å². The second-order valence-corrected chi connectivity index (χ2v) is 4.94. The van der Waals surface area contributed by atoms with E-state index in [2.05, 4.69) is 10.6 Å². The number of nitrogens with one attached hydrogen (secondary N) is 2. The molecule has 1 aromatic carbocycles. The predicted molar refractivity (Wildman–Crippen MR) is 80.6 cm³/mol. The highest BCUT2D eigenvalue weighted by Crippen LogP contribution is 2.18. The Morgan fingerprint density at radius 3 is 2.71 bits per heavy atom. The summed E-state index contributed by atoms with van der Waals surface area (Å²) in [6.45, 7) is 4.02. The van der Waals surface area contributed by atoms with E-state index in [-0.39, 0.29) is 18.6 Å². The van der Waals surface area contributed by atoms with Crippen LogP contribution in [0.25, 0.3) is 0 Å². The summed E-state index contributed by atoms with van der Waals surface area (Å²) in [5.74, 6) is 1.26. The zero-order valence-corrected chi connectivity index (χ0v) is 12.2. The second-order valence-electron chi connectivity index (χ2n) is 4.94. The molecule has 5 nitrogen and oxygen atoms in total. The summed E-state index contributed by atoms with van der Waals surface area (Å²) in [7, 11) is 0. The molecule has 1 amide bonds. The molecular formula is C16H20N2O3. The SMILES string of the molecule is CC(=O)Nc1cccc(C(C)NCc2ccc(CO)o2)c1. The van der Waals surface area contributed by atoms with Crippen LogP contribution in [0.15, 0.2) is 40.8 Å². The van der Waals surface area contributed by atoms with Gasteiger partial charge in [0.2, 0.25) is 5.91 Å². The van der Waals surface area contributed by atoms with Gasteiger partial charge in [0.1, 0.15) is 18.1 Å². The van der Waals surface area contributed by atoms with Crippen LogP contribution in [0.5, 0.6) is 0 Å².